The molecule has 5 nitrogen and oxygen atoms in total. The Bertz CT molecular complexity index is 471. The molecular formula is C16H24NO4+. The van der Waals surface area contributed by atoms with Crippen molar-refractivity contribution >= 4 is 11.9 Å². The number of aromatic nitrogens is 1. The normalized spacial score (nSPS) is 10.5. The van der Waals surface area contributed by atoms with Gasteiger partial charge in [0.25, 0.3) is 6.73 Å². The van der Waals surface area contributed by atoms with Gasteiger partial charge in [0, 0.05) is 24.5 Å². The first-order valence-corrected chi connectivity index (χ1v) is 7.21. The van der Waals surface area contributed by atoms with Gasteiger partial charge in [0.2, 0.25) is 0 Å². The number of hydrogen-bond acceptors (Lipinski definition) is 4. The van der Waals surface area contributed by atoms with Gasteiger partial charge in [0.05, 0.1) is 7.11 Å². The van der Waals surface area contributed by atoms with E-state index in [0.29, 0.717) is 12.3 Å². The van der Waals surface area contributed by atoms with E-state index < -0.39 is 0 Å². The highest BCUT2D eigenvalue weighted by molar-refractivity contribution is 5.72. The molecule has 0 saturated carbocycles. The summed E-state index contributed by atoms with van der Waals surface area (Å²) in [4.78, 5) is 22.5. The summed E-state index contributed by atoms with van der Waals surface area (Å²) in [5, 5.41) is 0. The lowest BCUT2D eigenvalue weighted by Crippen LogP contribution is -2.36. The lowest BCUT2D eigenvalue weighted by atomic mass is 10.1. The number of hydrogen-bond donors (Lipinski definition) is 0. The highest BCUT2D eigenvalue weighted by atomic mass is 16.5. The fourth-order valence-corrected chi connectivity index (χ4v) is 1.95. The first-order chi connectivity index (χ1) is 10.0. The molecule has 0 spiro atoms. The molecule has 0 aliphatic rings. The zero-order valence-electron chi connectivity index (χ0n) is 13.0. The second kappa shape index (κ2) is 9.10. The van der Waals surface area contributed by atoms with Crippen molar-refractivity contribution < 1.29 is 23.6 Å². The van der Waals surface area contributed by atoms with Crippen molar-refractivity contribution in [2.45, 2.75) is 46.3 Å². The quantitative estimate of drug-likeness (QED) is 0.543. The summed E-state index contributed by atoms with van der Waals surface area (Å²) in [5.41, 5.74) is 1.22. The van der Waals surface area contributed by atoms with Crippen LogP contribution in [-0.2, 0) is 32.2 Å². The summed E-state index contributed by atoms with van der Waals surface area (Å²) < 4.78 is 11.5. The van der Waals surface area contributed by atoms with Crippen LogP contribution in [0, 0.1) is 5.92 Å². The molecule has 116 valence electrons. The smallest absolute Gasteiger partial charge is 0.310 e. The Morgan fingerprint density at radius 2 is 1.95 bits per heavy atom. The number of carbonyl (C=O) groups is 2. The summed E-state index contributed by atoms with van der Waals surface area (Å²) in [6.45, 7) is 4.53. The number of methoxy groups -OCH3 is 1. The summed E-state index contributed by atoms with van der Waals surface area (Å²) in [5.74, 6) is -0.0269. The highest BCUT2D eigenvalue weighted by Crippen LogP contribution is 2.05. The van der Waals surface area contributed by atoms with E-state index in [2.05, 4.69) is 24.7 Å². The molecule has 1 heterocycles. The third kappa shape index (κ3) is 7.44. The van der Waals surface area contributed by atoms with Crippen LogP contribution < -0.4 is 4.57 Å². The zero-order valence-corrected chi connectivity index (χ0v) is 13.0. The summed E-state index contributed by atoms with van der Waals surface area (Å²) in [7, 11) is 1.33. The van der Waals surface area contributed by atoms with Crippen molar-refractivity contribution in [2.75, 3.05) is 7.11 Å². The number of esters is 2. The molecule has 1 aromatic rings. The number of pyridine rings is 1. The van der Waals surface area contributed by atoms with Crippen LogP contribution in [0.25, 0.3) is 0 Å². The topological polar surface area (TPSA) is 56.5 Å². The van der Waals surface area contributed by atoms with Crippen molar-refractivity contribution in [2.24, 2.45) is 5.92 Å². The van der Waals surface area contributed by atoms with Gasteiger partial charge in [-0.15, -0.1) is 0 Å². The minimum Gasteiger partial charge on any atom is -0.469 e. The van der Waals surface area contributed by atoms with Crippen LogP contribution >= 0.6 is 0 Å². The second-order valence-electron chi connectivity index (χ2n) is 5.40. The molecule has 0 unspecified atom stereocenters. The molecule has 0 atom stereocenters. The minimum atomic E-state index is -0.307. The van der Waals surface area contributed by atoms with E-state index in [1.54, 1.807) is 0 Å². The van der Waals surface area contributed by atoms with Gasteiger partial charge in [-0.05, 0) is 24.8 Å². The van der Waals surface area contributed by atoms with Crippen molar-refractivity contribution in [3.05, 3.63) is 30.1 Å². The fraction of sp³-hybridized carbons (Fsp3) is 0.562. The summed E-state index contributed by atoms with van der Waals surface area (Å²) >= 11 is 0. The molecule has 1 rings (SSSR count). The number of ether oxygens (including phenoxy) is 2. The van der Waals surface area contributed by atoms with E-state index in [4.69, 9.17) is 4.74 Å². The molecule has 0 fully saturated rings. The lowest BCUT2D eigenvalue weighted by molar-refractivity contribution is -0.728. The van der Waals surface area contributed by atoms with Gasteiger partial charge in [0.1, 0.15) is 0 Å². The van der Waals surface area contributed by atoms with Crippen molar-refractivity contribution in [3.63, 3.8) is 0 Å². The van der Waals surface area contributed by atoms with E-state index in [-0.39, 0.29) is 31.5 Å². The Morgan fingerprint density at radius 3 is 2.62 bits per heavy atom. The van der Waals surface area contributed by atoms with E-state index >= 15 is 0 Å². The Labute approximate surface area is 125 Å². The van der Waals surface area contributed by atoms with Gasteiger partial charge in [-0.1, -0.05) is 13.8 Å². The molecule has 0 N–H and O–H groups in total. The summed E-state index contributed by atoms with van der Waals surface area (Å²) in [6, 6.07) is 4.01. The van der Waals surface area contributed by atoms with Crippen molar-refractivity contribution in [1.29, 1.82) is 0 Å². The minimum absolute atomic E-state index is 0.197. The maximum atomic E-state index is 11.6. The van der Waals surface area contributed by atoms with E-state index in [1.807, 2.05) is 23.0 Å². The number of rotatable bonds is 8. The van der Waals surface area contributed by atoms with Gasteiger partial charge in [-0.25, -0.2) is 0 Å². The third-order valence-electron chi connectivity index (χ3n) is 2.93. The molecule has 0 aromatic carbocycles. The SMILES string of the molecule is COC(=O)CCCC(=O)OC[n+]1cccc(CC(C)C)c1. The van der Waals surface area contributed by atoms with Crippen LogP contribution in [0.4, 0.5) is 0 Å². The largest absolute Gasteiger partial charge is 0.469 e. The summed E-state index contributed by atoms with van der Waals surface area (Å²) in [6.07, 6.45) is 5.76. The van der Waals surface area contributed by atoms with Gasteiger partial charge >= 0.3 is 11.9 Å². The van der Waals surface area contributed by atoms with Crippen LogP contribution in [0.3, 0.4) is 0 Å². The zero-order chi connectivity index (χ0) is 15.7. The average Bonchev–Trinajstić information content (AvgIpc) is 2.44. The highest BCUT2D eigenvalue weighted by Gasteiger charge is 2.09. The van der Waals surface area contributed by atoms with Crippen molar-refractivity contribution in [3.8, 4) is 0 Å². The molecule has 0 radical (unpaired) electrons. The predicted molar refractivity (Wildman–Crippen MR) is 77.1 cm³/mol. The monoisotopic (exact) mass is 294 g/mol. The van der Waals surface area contributed by atoms with Crippen molar-refractivity contribution in [1.82, 2.24) is 0 Å². The average molecular weight is 294 g/mol. The first kappa shape index (κ1) is 17.1. The van der Waals surface area contributed by atoms with Crippen LogP contribution in [0.5, 0.6) is 0 Å². The van der Waals surface area contributed by atoms with Crippen LogP contribution in [0.2, 0.25) is 0 Å². The Morgan fingerprint density at radius 1 is 1.24 bits per heavy atom. The number of nitrogens with zero attached hydrogens (tertiary/aromatic N) is 1. The molecular weight excluding hydrogens is 270 g/mol. The molecule has 0 aliphatic carbocycles. The molecule has 1 aromatic heterocycles. The van der Waals surface area contributed by atoms with Gasteiger partial charge < -0.3 is 9.47 Å². The molecule has 0 saturated heterocycles. The molecule has 0 amide bonds. The lowest BCUT2D eigenvalue weighted by Gasteiger charge is -2.05. The molecule has 0 bridgehead atoms. The third-order valence-corrected chi connectivity index (χ3v) is 2.93. The van der Waals surface area contributed by atoms with Crippen LogP contribution in [0.1, 0.15) is 38.7 Å². The Hall–Kier alpha value is -1.91. The molecule has 0 aliphatic heterocycles. The Balaban J connectivity index is 2.34. The standard InChI is InChI=1S/C16H24NO4/c1-13(2)10-14-6-5-9-17(11-14)12-21-16(19)8-4-7-15(18)20-3/h5-6,9,11,13H,4,7-8,10,12H2,1-3H3/q+1. The van der Waals surface area contributed by atoms with Gasteiger partial charge in [0.15, 0.2) is 12.4 Å². The van der Waals surface area contributed by atoms with Crippen LogP contribution in [0.15, 0.2) is 24.5 Å². The maximum Gasteiger partial charge on any atom is 0.310 e. The van der Waals surface area contributed by atoms with Gasteiger partial charge in [-0.2, -0.15) is 4.57 Å². The fourth-order valence-electron chi connectivity index (χ4n) is 1.95. The van der Waals surface area contributed by atoms with E-state index in [1.165, 1.54) is 12.7 Å². The molecule has 21 heavy (non-hydrogen) atoms. The first-order valence-electron chi connectivity index (χ1n) is 7.21. The Kier molecular flexibility index (Phi) is 7.43. The second-order valence-corrected chi connectivity index (χ2v) is 5.40. The predicted octanol–water partition coefficient (Wildman–Crippen LogP) is 2.02. The molecule has 5 heteroatoms. The number of carbonyl (C=O) groups excluding carboxylic acids is 2. The maximum absolute atomic E-state index is 11.6. The van der Waals surface area contributed by atoms with Gasteiger partial charge in [-0.3, -0.25) is 9.59 Å². The van der Waals surface area contributed by atoms with E-state index in [9.17, 15) is 9.59 Å². The van der Waals surface area contributed by atoms with E-state index in [0.717, 1.165) is 6.42 Å². The van der Waals surface area contributed by atoms with Crippen LogP contribution in [-0.4, -0.2) is 19.0 Å².